The van der Waals surface area contributed by atoms with Gasteiger partial charge in [-0.25, -0.2) is 14.6 Å². The summed E-state index contributed by atoms with van der Waals surface area (Å²) in [7, 11) is 0. The molecule has 1 aliphatic rings. The van der Waals surface area contributed by atoms with Crippen LogP contribution in [-0.2, 0) is 12.0 Å². The minimum atomic E-state index is -0.889. The van der Waals surface area contributed by atoms with E-state index in [1.54, 1.807) is 46.6 Å². The first-order valence-corrected chi connectivity index (χ1v) is 13.7. The van der Waals surface area contributed by atoms with Crippen molar-refractivity contribution in [1.29, 1.82) is 0 Å². The second kappa shape index (κ2) is 10.2. The van der Waals surface area contributed by atoms with E-state index in [1.165, 1.54) is 0 Å². The lowest BCUT2D eigenvalue weighted by Gasteiger charge is -2.23. The van der Waals surface area contributed by atoms with Crippen LogP contribution in [-0.4, -0.2) is 47.3 Å². The van der Waals surface area contributed by atoms with Crippen molar-refractivity contribution in [2.45, 2.75) is 44.7 Å². The number of thiazole rings is 1. The Kier molecular flexibility index (Phi) is 6.53. The summed E-state index contributed by atoms with van der Waals surface area (Å²) in [6.45, 7) is 4.48. The van der Waals surface area contributed by atoms with Crippen molar-refractivity contribution in [3.63, 3.8) is 0 Å². The lowest BCUT2D eigenvalue weighted by molar-refractivity contribution is 0.0735. The van der Waals surface area contributed by atoms with E-state index in [2.05, 4.69) is 20.3 Å². The van der Waals surface area contributed by atoms with Gasteiger partial charge in [0.15, 0.2) is 5.82 Å². The third-order valence-corrected chi connectivity index (χ3v) is 7.84. The van der Waals surface area contributed by atoms with E-state index in [4.69, 9.17) is 15.1 Å². The molecule has 1 aromatic carbocycles. The molecule has 11 heteroatoms. The molecule has 0 aliphatic carbocycles. The highest BCUT2D eigenvalue weighted by atomic mass is 32.1. The number of carbonyl (C=O) groups excluding carboxylic acids is 1. The van der Waals surface area contributed by atoms with Gasteiger partial charge in [-0.2, -0.15) is 5.10 Å². The molecule has 6 rings (SSSR count). The van der Waals surface area contributed by atoms with Gasteiger partial charge in [-0.1, -0.05) is 30.3 Å². The van der Waals surface area contributed by atoms with Crippen LogP contribution < -0.4 is 5.73 Å². The van der Waals surface area contributed by atoms with Crippen LogP contribution in [0.3, 0.4) is 0 Å². The Hall–Kier alpha value is -4.22. The standard InChI is InChI=1S/C28H28N8O2S/c1-18-17-39-25(31-18)22-10-6-12-35(22)26(37)20-14-21(32-23(15-20)36-13-7-11-30-36)24-33-34-27(38-24)28(2,29)16-19-8-4-3-5-9-19/h3-5,7-9,11,13-15,17,22H,6,10,12,16,29H2,1-2H3/t22-,28+/m1/s1. The average molecular weight is 541 g/mol. The van der Waals surface area contributed by atoms with Gasteiger partial charge in [-0.15, -0.1) is 21.5 Å². The van der Waals surface area contributed by atoms with Gasteiger partial charge in [0.2, 0.25) is 5.89 Å². The fourth-order valence-corrected chi connectivity index (χ4v) is 5.82. The summed E-state index contributed by atoms with van der Waals surface area (Å²) in [4.78, 5) is 25.1. The van der Waals surface area contributed by atoms with E-state index in [0.29, 0.717) is 35.9 Å². The van der Waals surface area contributed by atoms with Crippen LogP contribution in [0.4, 0.5) is 0 Å². The lowest BCUT2D eigenvalue weighted by atomic mass is 9.94. The fraction of sp³-hybridized carbons (Fsp3) is 0.286. The van der Waals surface area contributed by atoms with Crippen molar-refractivity contribution in [3.8, 4) is 17.4 Å². The quantitative estimate of drug-likeness (QED) is 0.320. The number of pyridine rings is 1. The fourth-order valence-electron chi connectivity index (χ4n) is 4.88. The maximum atomic E-state index is 13.9. The molecule has 0 bridgehead atoms. The van der Waals surface area contributed by atoms with Crippen molar-refractivity contribution in [2.24, 2.45) is 5.73 Å². The first-order valence-electron chi connectivity index (χ1n) is 12.8. The van der Waals surface area contributed by atoms with Gasteiger partial charge in [0.25, 0.3) is 11.8 Å². The smallest absolute Gasteiger partial charge is 0.266 e. The zero-order chi connectivity index (χ0) is 27.0. The number of rotatable bonds is 7. The Bertz CT molecular complexity index is 1590. The number of nitrogens with two attached hydrogens (primary N) is 1. The molecule has 39 heavy (non-hydrogen) atoms. The molecule has 1 aliphatic heterocycles. The maximum absolute atomic E-state index is 13.9. The highest BCUT2D eigenvalue weighted by Gasteiger charge is 2.34. The van der Waals surface area contributed by atoms with Crippen molar-refractivity contribution in [1.82, 2.24) is 34.8 Å². The minimum Gasteiger partial charge on any atom is -0.417 e. The molecule has 0 saturated carbocycles. The van der Waals surface area contributed by atoms with Crippen molar-refractivity contribution in [3.05, 3.63) is 94.0 Å². The van der Waals surface area contributed by atoms with Gasteiger partial charge in [-0.3, -0.25) is 4.79 Å². The number of carbonyl (C=O) groups is 1. The number of likely N-dealkylation sites (tertiary alicyclic amines) is 1. The molecule has 0 spiro atoms. The third kappa shape index (κ3) is 5.10. The summed E-state index contributed by atoms with van der Waals surface area (Å²) in [5.41, 5.74) is 8.58. The third-order valence-electron chi connectivity index (χ3n) is 6.78. The minimum absolute atomic E-state index is 0.0492. The summed E-state index contributed by atoms with van der Waals surface area (Å²) < 4.78 is 7.66. The normalized spacial score (nSPS) is 16.9. The van der Waals surface area contributed by atoms with Crippen LogP contribution in [0.15, 0.2) is 70.7 Å². The molecule has 0 unspecified atom stereocenters. The van der Waals surface area contributed by atoms with Crippen LogP contribution in [0, 0.1) is 6.92 Å². The summed E-state index contributed by atoms with van der Waals surface area (Å²) in [5, 5.41) is 15.8. The van der Waals surface area contributed by atoms with Gasteiger partial charge in [0.1, 0.15) is 10.7 Å². The molecule has 10 nitrogen and oxygen atoms in total. The monoisotopic (exact) mass is 540 g/mol. The van der Waals surface area contributed by atoms with Crippen LogP contribution in [0.5, 0.6) is 0 Å². The zero-order valence-corrected chi connectivity index (χ0v) is 22.5. The van der Waals surface area contributed by atoms with E-state index in [-0.39, 0.29) is 17.8 Å². The molecule has 1 amide bonds. The van der Waals surface area contributed by atoms with Gasteiger partial charge in [0, 0.05) is 35.6 Å². The van der Waals surface area contributed by atoms with Crippen molar-refractivity contribution < 1.29 is 9.21 Å². The predicted molar refractivity (Wildman–Crippen MR) is 146 cm³/mol. The molecule has 0 radical (unpaired) electrons. The van der Waals surface area contributed by atoms with E-state index in [9.17, 15) is 4.79 Å². The number of aromatic nitrogens is 6. The van der Waals surface area contributed by atoms with E-state index in [1.807, 2.05) is 54.5 Å². The molecule has 2 atom stereocenters. The van der Waals surface area contributed by atoms with E-state index >= 15 is 0 Å². The highest BCUT2D eigenvalue weighted by Crippen LogP contribution is 2.35. The number of amides is 1. The number of hydrogen-bond donors (Lipinski definition) is 1. The van der Waals surface area contributed by atoms with Crippen LogP contribution in [0.2, 0.25) is 0 Å². The number of nitrogens with zero attached hydrogens (tertiary/aromatic N) is 7. The topological polar surface area (TPSA) is 129 Å². The largest absolute Gasteiger partial charge is 0.417 e. The van der Waals surface area contributed by atoms with Crippen molar-refractivity contribution >= 4 is 17.2 Å². The summed E-state index contributed by atoms with van der Waals surface area (Å²) in [6, 6.07) is 15.1. The summed E-state index contributed by atoms with van der Waals surface area (Å²) in [5.74, 6) is 0.849. The molecule has 5 heterocycles. The first-order chi connectivity index (χ1) is 18.9. The highest BCUT2D eigenvalue weighted by molar-refractivity contribution is 7.09. The average Bonchev–Trinajstić information content (AvgIpc) is 3.74. The zero-order valence-electron chi connectivity index (χ0n) is 21.7. The summed E-state index contributed by atoms with van der Waals surface area (Å²) in [6.07, 6.45) is 5.75. The van der Waals surface area contributed by atoms with Gasteiger partial charge in [-0.05, 0) is 56.9 Å². The lowest BCUT2D eigenvalue weighted by Crippen LogP contribution is -2.35. The second-order valence-electron chi connectivity index (χ2n) is 10.0. The van der Waals surface area contributed by atoms with Crippen molar-refractivity contribution in [2.75, 3.05) is 6.54 Å². The van der Waals surface area contributed by atoms with Crippen LogP contribution in [0.25, 0.3) is 17.4 Å². The predicted octanol–water partition coefficient (Wildman–Crippen LogP) is 4.48. The molecule has 1 saturated heterocycles. The number of hydrogen-bond acceptors (Lipinski definition) is 9. The summed E-state index contributed by atoms with van der Waals surface area (Å²) >= 11 is 1.59. The Morgan fingerprint density at radius 1 is 1.18 bits per heavy atom. The first kappa shape index (κ1) is 25.1. The Morgan fingerprint density at radius 3 is 2.77 bits per heavy atom. The second-order valence-corrected chi connectivity index (χ2v) is 10.9. The molecule has 5 aromatic rings. The van der Waals surface area contributed by atoms with Crippen LogP contribution in [0.1, 0.15) is 58.3 Å². The number of aryl methyl sites for hydroxylation is 1. The number of benzene rings is 1. The Morgan fingerprint density at radius 2 is 2.03 bits per heavy atom. The Labute approximate surface area is 229 Å². The molecule has 198 valence electrons. The van der Waals surface area contributed by atoms with Gasteiger partial charge < -0.3 is 15.1 Å². The van der Waals surface area contributed by atoms with Crippen LogP contribution >= 0.6 is 11.3 Å². The van der Waals surface area contributed by atoms with E-state index < -0.39 is 5.54 Å². The maximum Gasteiger partial charge on any atom is 0.266 e. The molecular formula is C28H28N8O2S. The van der Waals surface area contributed by atoms with E-state index in [0.717, 1.165) is 29.1 Å². The Balaban J connectivity index is 1.35. The SMILES string of the molecule is Cc1csc([C@H]2CCCN2C(=O)c2cc(-c3nnc([C@@](C)(N)Cc4ccccc4)o3)nc(-n3cccn3)c2)n1. The molecule has 2 N–H and O–H groups in total. The van der Waals surface area contributed by atoms with Gasteiger partial charge >= 0.3 is 0 Å². The molecule has 4 aromatic heterocycles. The molecule has 1 fully saturated rings. The van der Waals surface area contributed by atoms with Gasteiger partial charge in [0.05, 0.1) is 11.6 Å². The molecular weight excluding hydrogens is 512 g/mol.